The molecule has 1 aliphatic rings. The second kappa shape index (κ2) is 9.44. The number of halogens is 2. The average molecular weight is 385 g/mol. The molecule has 1 aromatic carbocycles. The van der Waals surface area contributed by atoms with Gasteiger partial charge < -0.3 is 10.6 Å². The monoisotopic (exact) mass is 384 g/mol. The van der Waals surface area contributed by atoms with Crippen LogP contribution in [-0.2, 0) is 16.1 Å². The van der Waals surface area contributed by atoms with Crippen molar-refractivity contribution >= 4 is 35.0 Å². The van der Waals surface area contributed by atoms with Gasteiger partial charge >= 0.3 is 0 Å². The summed E-state index contributed by atoms with van der Waals surface area (Å²) in [7, 11) is 0. The van der Waals surface area contributed by atoms with Crippen molar-refractivity contribution in [2.24, 2.45) is 11.8 Å². The average Bonchev–Trinajstić information content (AvgIpc) is 2.59. The third-order valence-corrected chi connectivity index (χ3v) is 5.28. The molecule has 2 N–H and O–H groups in total. The lowest BCUT2D eigenvalue weighted by Gasteiger charge is -2.26. The molecule has 25 heavy (non-hydrogen) atoms. The fraction of sp³-hybridized carbons (Fsp3) is 0.579. The standard InChI is InChI=1S/C19H26Cl2N2O2/c1-12(2)17(23-18(24)13-6-4-3-5-7-13)19(25)22-11-14-8-9-15(20)10-16(14)21/h8-10,12-13,17H,3-7,11H2,1-2H3,(H,22,25)(H,23,24)/t17-/m1/s1. The predicted octanol–water partition coefficient (Wildman–Crippen LogP) is 4.33. The first-order valence-corrected chi connectivity index (χ1v) is 9.66. The summed E-state index contributed by atoms with van der Waals surface area (Å²) < 4.78 is 0. The van der Waals surface area contributed by atoms with Crippen LogP contribution in [0.4, 0.5) is 0 Å². The van der Waals surface area contributed by atoms with E-state index in [0.717, 1.165) is 31.2 Å². The van der Waals surface area contributed by atoms with E-state index >= 15 is 0 Å². The van der Waals surface area contributed by atoms with E-state index in [0.29, 0.717) is 16.6 Å². The molecule has 2 amide bonds. The van der Waals surface area contributed by atoms with Gasteiger partial charge in [-0.05, 0) is 36.5 Å². The molecule has 1 atom stereocenters. The van der Waals surface area contributed by atoms with E-state index in [1.807, 2.05) is 13.8 Å². The Kier molecular flexibility index (Phi) is 7.57. The molecule has 2 rings (SSSR count). The number of benzene rings is 1. The highest BCUT2D eigenvalue weighted by molar-refractivity contribution is 6.35. The molecule has 1 aliphatic carbocycles. The molecule has 1 saturated carbocycles. The van der Waals surface area contributed by atoms with Gasteiger partial charge in [0.2, 0.25) is 11.8 Å². The first-order valence-electron chi connectivity index (χ1n) is 8.90. The minimum atomic E-state index is -0.541. The summed E-state index contributed by atoms with van der Waals surface area (Å²) in [5.74, 6) is -0.148. The Morgan fingerprint density at radius 2 is 1.84 bits per heavy atom. The zero-order valence-corrected chi connectivity index (χ0v) is 16.3. The van der Waals surface area contributed by atoms with Crippen LogP contribution in [0.15, 0.2) is 18.2 Å². The van der Waals surface area contributed by atoms with Crippen molar-refractivity contribution in [2.45, 2.75) is 58.5 Å². The fourth-order valence-electron chi connectivity index (χ4n) is 3.13. The van der Waals surface area contributed by atoms with Crippen molar-refractivity contribution in [2.75, 3.05) is 0 Å². The van der Waals surface area contributed by atoms with Crippen molar-refractivity contribution < 1.29 is 9.59 Å². The normalized spacial score (nSPS) is 16.5. The number of rotatable bonds is 6. The minimum Gasteiger partial charge on any atom is -0.350 e. The Morgan fingerprint density at radius 3 is 2.44 bits per heavy atom. The summed E-state index contributed by atoms with van der Waals surface area (Å²) in [4.78, 5) is 25.0. The summed E-state index contributed by atoms with van der Waals surface area (Å²) >= 11 is 12.0. The van der Waals surface area contributed by atoms with E-state index in [4.69, 9.17) is 23.2 Å². The molecule has 0 spiro atoms. The van der Waals surface area contributed by atoms with Crippen LogP contribution in [0.25, 0.3) is 0 Å². The molecule has 0 unspecified atom stereocenters. The number of amides is 2. The molecular weight excluding hydrogens is 359 g/mol. The third-order valence-electron chi connectivity index (χ3n) is 4.69. The van der Waals surface area contributed by atoms with E-state index in [2.05, 4.69) is 10.6 Å². The minimum absolute atomic E-state index is 0.00178. The molecule has 1 aromatic rings. The number of nitrogens with one attached hydrogen (secondary N) is 2. The zero-order valence-electron chi connectivity index (χ0n) is 14.8. The first-order chi connectivity index (χ1) is 11.9. The SMILES string of the molecule is CC(C)[C@@H](NC(=O)C1CCCCC1)C(=O)NCc1ccc(Cl)cc1Cl. The van der Waals surface area contributed by atoms with Crippen LogP contribution < -0.4 is 10.6 Å². The molecule has 0 radical (unpaired) electrons. The van der Waals surface area contributed by atoms with Crippen LogP contribution in [0.5, 0.6) is 0 Å². The quantitative estimate of drug-likeness (QED) is 0.766. The molecule has 0 aromatic heterocycles. The number of hydrogen-bond donors (Lipinski definition) is 2. The Morgan fingerprint density at radius 1 is 1.16 bits per heavy atom. The van der Waals surface area contributed by atoms with Crippen molar-refractivity contribution in [1.29, 1.82) is 0 Å². The lowest BCUT2D eigenvalue weighted by atomic mass is 9.88. The molecule has 4 nitrogen and oxygen atoms in total. The molecule has 0 heterocycles. The summed E-state index contributed by atoms with van der Waals surface area (Å²) in [6.45, 7) is 4.17. The van der Waals surface area contributed by atoms with Crippen LogP contribution >= 0.6 is 23.2 Å². The van der Waals surface area contributed by atoms with Crippen molar-refractivity contribution in [1.82, 2.24) is 10.6 Å². The van der Waals surface area contributed by atoms with E-state index in [1.165, 1.54) is 6.42 Å². The summed E-state index contributed by atoms with van der Waals surface area (Å²) in [5, 5.41) is 6.88. The first kappa shape index (κ1) is 20.1. The van der Waals surface area contributed by atoms with Crippen LogP contribution in [0, 0.1) is 11.8 Å². The molecule has 0 aliphatic heterocycles. The molecule has 1 fully saturated rings. The van der Waals surface area contributed by atoms with Gasteiger partial charge in [0.25, 0.3) is 0 Å². The maximum Gasteiger partial charge on any atom is 0.243 e. The smallest absolute Gasteiger partial charge is 0.243 e. The van der Waals surface area contributed by atoms with Gasteiger partial charge in [-0.25, -0.2) is 0 Å². The Balaban J connectivity index is 1.94. The topological polar surface area (TPSA) is 58.2 Å². The van der Waals surface area contributed by atoms with Crippen molar-refractivity contribution in [3.63, 3.8) is 0 Å². The Labute approximate surface area is 159 Å². The van der Waals surface area contributed by atoms with Gasteiger partial charge in [0.15, 0.2) is 0 Å². The van der Waals surface area contributed by atoms with Crippen LogP contribution in [0.1, 0.15) is 51.5 Å². The second-order valence-electron chi connectivity index (χ2n) is 7.02. The third kappa shape index (κ3) is 5.89. The van der Waals surface area contributed by atoms with E-state index in [9.17, 15) is 9.59 Å². The molecular formula is C19H26Cl2N2O2. The van der Waals surface area contributed by atoms with Gasteiger partial charge in [0.1, 0.15) is 6.04 Å². The van der Waals surface area contributed by atoms with Crippen LogP contribution in [0.3, 0.4) is 0 Å². The van der Waals surface area contributed by atoms with Gasteiger partial charge in [0, 0.05) is 22.5 Å². The second-order valence-corrected chi connectivity index (χ2v) is 7.86. The largest absolute Gasteiger partial charge is 0.350 e. The lowest BCUT2D eigenvalue weighted by Crippen LogP contribution is -2.51. The van der Waals surface area contributed by atoms with Gasteiger partial charge in [-0.15, -0.1) is 0 Å². The Hall–Kier alpha value is -1.26. The summed E-state index contributed by atoms with van der Waals surface area (Å²) in [6, 6.07) is 4.63. The highest BCUT2D eigenvalue weighted by Gasteiger charge is 2.28. The molecule has 6 heteroatoms. The van der Waals surface area contributed by atoms with Crippen molar-refractivity contribution in [3.8, 4) is 0 Å². The van der Waals surface area contributed by atoms with Crippen molar-refractivity contribution in [3.05, 3.63) is 33.8 Å². The van der Waals surface area contributed by atoms with E-state index in [-0.39, 0.29) is 23.7 Å². The molecule has 138 valence electrons. The van der Waals surface area contributed by atoms with E-state index < -0.39 is 6.04 Å². The lowest BCUT2D eigenvalue weighted by molar-refractivity contribution is -0.132. The van der Waals surface area contributed by atoms with Crippen LogP contribution in [0.2, 0.25) is 10.0 Å². The van der Waals surface area contributed by atoms with Gasteiger partial charge in [-0.1, -0.05) is 62.4 Å². The highest BCUT2D eigenvalue weighted by Crippen LogP contribution is 2.24. The number of carbonyl (C=O) groups excluding carboxylic acids is 2. The van der Waals surface area contributed by atoms with Gasteiger partial charge in [-0.2, -0.15) is 0 Å². The molecule has 0 saturated heterocycles. The van der Waals surface area contributed by atoms with E-state index in [1.54, 1.807) is 18.2 Å². The zero-order chi connectivity index (χ0) is 18.4. The summed E-state index contributed by atoms with van der Waals surface area (Å²) in [6.07, 6.45) is 5.20. The van der Waals surface area contributed by atoms with Gasteiger partial charge in [-0.3, -0.25) is 9.59 Å². The predicted molar refractivity (Wildman–Crippen MR) is 102 cm³/mol. The maximum atomic E-state index is 12.6. The number of hydrogen-bond acceptors (Lipinski definition) is 2. The van der Waals surface area contributed by atoms with Crippen LogP contribution in [-0.4, -0.2) is 17.9 Å². The van der Waals surface area contributed by atoms with Gasteiger partial charge in [0.05, 0.1) is 0 Å². The fourth-order valence-corrected chi connectivity index (χ4v) is 3.60. The molecule has 0 bridgehead atoms. The maximum absolute atomic E-state index is 12.6. The highest BCUT2D eigenvalue weighted by atomic mass is 35.5. The number of carbonyl (C=O) groups is 2. The summed E-state index contributed by atoms with van der Waals surface area (Å²) in [5.41, 5.74) is 0.792. The Bertz CT molecular complexity index is 613.